The van der Waals surface area contributed by atoms with E-state index in [0.29, 0.717) is 5.92 Å². The van der Waals surface area contributed by atoms with E-state index in [1.165, 1.54) is 18.6 Å². The van der Waals surface area contributed by atoms with Crippen LogP contribution >= 0.6 is 15.9 Å². The maximum Gasteiger partial charge on any atom is 0.124 e. The smallest absolute Gasteiger partial charge is 0.124 e. The minimum Gasteiger partial charge on any atom is -0.381 e. The van der Waals surface area contributed by atoms with Gasteiger partial charge in [-0.25, -0.2) is 4.39 Å². The SMILES string of the molecule is CC(NCCC1CCOC1)c1ccc(F)cc1Br. The van der Waals surface area contributed by atoms with Gasteiger partial charge in [-0.3, -0.25) is 0 Å². The Bertz CT molecular complexity index is 393. The van der Waals surface area contributed by atoms with Crippen LogP contribution in [-0.4, -0.2) is 19.8 Å². The molecule has 1 heterocycles. The molecule has 2 atom stereocenters. The molecule has 18 heavy (non-hydrogen) atoms. The van der Waals surface area contributed by atoms with Crippen LogP contribution in [0, 0.1) is 11.7 Å². The summed E-state index contributed by atoms with van der Waals surface area (Å²) in [5, 5.41) is 3.48. The zero-order valence-electron chi connectivity index (χ0n) is 10.6. The van der Waals surface area contributed by atoms with Crippen molar-refractivity contribution in [2.75, 3.05) is 19.8 Å². The van der Waals surface area contributed by atoms with Gasteiger partial charge in [0.1, 0.15) is 5.82 Å². The maximum atomic E-state index is 13.0. The Morgan fingerprint density at radius 3 is 3.06 bits per heavy atom. The molecule has 1 aromatic carbocycles. The number of nitrogens with one attached hydrogen (secondary N) is 1. The summed E-state index contributed by atoms with van der Waals surface area (Å²) in [4.78, 5) is 0. The van der Waals surface area contributed by atoms with E-state index in [1.807, 2.05) is 6.07 Å². The summed E-state index contributed by atoms with van der Waals surface area (Å²) in [6, 6.07) is 5.07. The molecule has 1 aliphatic heterocycles. The number of hydrogen-bond acceptors (Lipinski definition) is 2. The highest BCUT2D eigenvalue weighted by Crippen LogP contribution is 2.24. The molecule has 4 heteroatoms. The zero-order valence-corrected chi connectivity index (χ0v) is 12.2. The number of ether oxygens (including phenoxy) is 1. The number of halogens is 2. The molecule has 0 aromatic heterocycles. The fourth-order valence-electron chi connectivity index (χ4n) is 2.28. The van der Waals surface area contributed by atoms with Crippen molar-refractivity contribution in [2.24, 2.45) is 5.92 Å². The van der Waals surface area contributed by atoms with E-state index in [-0.39, 0.29) is 11.9 Å². The maximum absolute atomic E-state index is 13.0. The van der Waals surface area contributed by atoms with E-state index in [1.54, 1.807) is 0 Å². The van der Waals surface area contributed by atoms with Gasteiger partial charge in [0.2, 0.25) is 0 Å². The first-order valence-electron chi connectivity index (χ1n) is 6.43. The molecule has 0 saturated carbocycles. The van der Waals surface area contributed by atoms with Gasteiger partial charge in [0.05, 0.1) is 0 Å². The van der Waals surface area contributed by atoms with Crippen molar-refractivity contribution in [3.05, 3.63) is 34.1 Å². The molecular weight excluding hydrogens is 297 g/mol. The predicted octanol–water partition coefficient (Wildman–Crippen LogP) is 3.67. The van der Waals surface area contributed by atoms with Crippen LogP contribution in [0.5, 0.6) is 0 Å². The van der Waals surface area contributed by atoms with E-state index in [0.717, 1.165) is 36.2 Å². The first-order chi connectivity index (χ1) is 8.66. The van der Waals surface area contributed by atoms with E-state index >= 15 is 0 Å². The van der Waals surface area contributed by atoms with Crippen LogP contribution < -0.4 is 5.32 Å². The normalized spacial score (nSPS) is 21.2. The van der Waals surface area contributed by atoms with E-state index in [2.05, 4.69) is 28.2 Å². The van der Waals surface area contributed by atoms with Gasteiger partial charge < -0.3 is 10.1 Å². The molecule has 2 unspecified atom stereocenters. The third-order valence-corrected chi connectivity index (χ3v) is 4.14. The predicted molar refractivity (Wildman–Crippen MR) is 74.1 cm³/mol. The molecule has 1 saturated heterocycles. The van der Waals surface area contributed by atoms with Crippen LogP contribution in [-0.2, 0) is 4.74 Å². The van der Waals surface area contributed by atoms with Gasteiger partial charge in [-0.05, 0) is 49.9 Å². The first-order valence-corrected chi connectivity index (χ1v) is 7.22. The lowest BCUT2D eigenvalue weighted by Gasteiger charge is -2.17. The van der Waals surface area contributed by atoms with Gasteiger partial charge in [0.25, 0.3) is 0 Å². The van der Waals surface area contributed by atoms with Crippen molar-refractivity contribution in [3.63, 3.8) is 0 Å². The summed E-state index contributed by atoms with van der Waals surface area (Å²) in [5.74, 6) is 0.488. The summed E-state index contributed by atoms with van der Waals surface area (Å²) >= 11 is 3.41. The third kappa shape index (κ3) is 3.77. The second-order valence-electron chi connectivity index (χ2n) is 4.86. The third-order valence-electron chi connectivity index (χ3n) is 3.46. The Balaban J connectivity index is 1.81. The van der Waals surface area contributed by atoms with Crippen LogP contribution in [0.3, 0.4) is 0 Å². The Morgan fingerprint density at radius 1 is 1.56 bits per heavy atom. The second kappa shape index (κ2) is 6.64. The number of hydrogen-bond donors (Lipinski definition) is 1. The van der Waals surface area contributed by atoms with Crippen LogP contribution in [0.1, 0.15) is 31.4 Å². The monoisotopic (exact) mass is 315 g/mol. The quantitative estimate of drug-likeness (QED) is 0.895. The standard InChI is InChI=1S/C14H19BrFNO/c1-10(13-3-2-12(16)8-14(13)15)17-6-4-11-5-7-18-9-11/h2-3,8,10-11,17H,4-7,9H2,1H3. The van der Waals surface area contributed by atoms with Crippen molar-refractivity contribution in [1.82, 2.24) is 5.32 Å². The van der Waals surface area contributed by atoms with Crippen molar-refractivity contribution in [3.8, 4) is 0 Å². The van der Waals surface area contributed by atoms with Gasteiger partial charge >= 0.3 is 0 Å². The van der Waals surface area contributed by atoms with Crippen LogP contribution in [0.15, 0.2) is 22.7 Å². The van der Waals surface area contributed by atoms with E-state index in [9.17, 15) is 4.39 Å². The van der Waals surface area contributed by atoms with Crippen molar-refractivity contribution in [2.45, 2.75) is 25.8 Å². The average molecular weight is 316 g/mol. The highest BCUT2D eigenvalue weighted by atomic mass is 79.9. The molecule has 0 bridgehead atoms. The summed E-state index contributed by atoms with van der Waals surface area (Å²) in [6.07, 6.45) is 2.32. The van der Waals surface area contributed by atoms with Crippen molar-refractivity contribution < 1.29 is 9.13 Å². The van der Waals surface area contributed by atoms with Crippen molar-refractivity contribution in [1.29, 1.82) is 0 Å². The van der Waals surface area contributed by atoms with E-state index in [4.69, 9.17) is 4.74 Å². The Labute approximate surface area is 116 Å². The Morgan fingerprint density at radius 2 is 2.39 bits per heavy atom. The van der Waals surface area contributed by atoms with Crippen LogP contribution in [0.25, 0.3) is 0 Å². The highest BCUT2D eigenvalue weighted by molar-refractivity contribution is 9.10. The van der Waals surface area contributed by atoms with Crippen LogP contribution in [0.4, 0.5) is 4.39 Å². The lowest BCUT2D eigenvalue weighted by molar-refractivity contribution is 0.184. The Hall–Kier alpha value is -0.450. The topological polar surface area (TPSA) is 21.3 Å². The molecule has 2 rings (SSSR count). The van der Waals surface area contributed by atoms with Gasteiger partial charge in [0.15, 0.2) is 0 Å². The number of benzene rings is 1. The van der Waals surface area contributed by atoms with Gasteiger partial charge in [-0.2, -0.15) is 0 Å². The summed E-state index contributed by atoms with van der Waals surface area (Å²) in [7, 11) is 0. The molecule has 0 amide bonds. The molecular formula is C14H19BrFNO. The largest absolute Gasteiger partial charge is 0.381 e. The molecule has 1 N–H and O–H groups in total. The molecule has 2 nitrogen and oxygen atoms in total. The lowest BCUT2D eigenvalue weighted by Crippen LogP contribution is -2.22. The average Bonchev–Trinajstić information content (AvgIpc) is 2.81. The van der Waals surface area contributed by atoms with Crippen LogP contribution in [0.2, 0.25) is 0 Å². The fraction of sp³-hybridized carbons (Fsp3) is 0.571. The lowest BCUT2D eigenvalue weighted by atomic mass is 10.0. The molecule has 0 spiro atoms. The second-order valence-corrected chi connectivity index (χ2v) is 5.71. The number of rotatable bonds is 5. The highest BCUT2D eigenvalue weighted by Gasteiger charge is 2.16. The zero-order chi connectivity index (χ0) is 13.0. The fourth-order valence-corrected chi connectivity index (χ4v) is 2.97. The van der Waals surface area contributed by atoms with Gasteiger partial charge in [-0.15, -0.1) is 0 Å². The summed E-state index contributed by atoms with van der Waals surface area (Å²) in [6.45, 7) is 4.88. The molecule has 0 aliphatic carbocycles. The summed E-state index contributed by atoms with van der Waals surface area (Å²) < 4.78 is 19.2. The van der Waals surface area contributed by atoms with E-state index < -0.39 is 0 Å². The molecule has 1 aliphatic rings. The Kier molecular flexibility index (Phi) is 5.15. The van der Waals surface area contributed by atoms with Gasteiger partial charge in [-0.1, -0.05) is 22.0 Å². The molecule has 1 fully saturated rings. The molecule has 1 aromatic rings. The van der Waals surface area contributed by atoms with Crippen molar-refractivity contribution >= 4 is 15.9 Å². The minimum atomic E-state index is -0.207. The van der Waals surface area contributed by atoms with Gasteiger partial charge in [0, 0.05) is 23.7 Å². The first kappa shape index (κ1) is 14.0. The molecule has 100 valence electrons. The molecule has 0 radical (unpaired) electrons. The minimum absolute atomic E-state index is 0.207. The summed E-state index contributed by atoms with van der Waals surface area (Å²) in [5.41, 5.74) is 1.10.